The van der Waals surface area contributed by atoms with Crippen LogP contribution in [0.5, 0.6) is 0 Å². The standard InChI is InChI=1S/C13H16N4O3/c1-3-16(8-4-7-14)12-9-10(13(18)15-2)5-6-11(12)17(19)20/h5-6,9H,3-4,8H2,1-2H3,(H,15,18). The Hall–Kier alpha value is -2.62. The van der Waals surface area contributed by atoms with E-state index in [4.69, 9.17) is 5.26 Å². The first-order valence-corrected chi connectivity index (χ1v) is 6.17. The van der Waals surface area contributed by atoms with Gasteiger partial charge in [-0.05, 0) is 19.1 Å². The predicted molar refractivity (Wildman–Crippen MR) is 74.6 cm³/mol. The van der Waals surface area contributed by atoms with Crippen molar-refractivity contribution in [3.63, 3.8) is 0 Å². The van der Waals surface area contributed by atoms with Crippen LogP contribution in [-0.4, -0.2) is 31.0 Å². The van der Waals surface area contributed by atoms with E-state index in [1.54, 1.807) is 4.90 Å². The van der Waals surface area contributed by atoms with E-state index >= 15 is 0 Å². The number of nitriles is 1. The van der Waals surface area contributed by atoms with Crippen molar-refractivity contribution in [3.8, 4) is 6.07 Å². The number of rotatable bonds is 6. The third-order valence-corrected chi connectivity index (χ3v) is 2.88. The van der Waals surface area contributed by atoms with Gasteiger partial charge in [0.2, 0.25) is 0 Å². The zero-order valence-corrected chi connectivity index (χ0v) is 11.4. The molecule has 0 heterocycles. The van der Waals surface area contributed by atoms with E-state index in [2.05, 4.69) is 5.32 Å². The first kappa shape index (κ1) is 15.4. The lowest BCUT2D eigenvalue weighted by Gasteiger charge is -2.22. The topological polar surface area (TPSA) is 99.3 Å². The molecule has 0 atom stereocenters. The number of hydrogen-bond donors (Lipinski definition) is 1. The average molecular weight is 276 g/mol. The van der Waals surface area contributed by atoms with Crippen molar-refractivity contribution in [2.45, 2.75) is 13.3 Å². The van der Waals surface area contributed by atoms with Crippen LogP contribution in [0.4, 0.5) is 11.4 Å². The summed E-state index contributed by atoms with van der Waals surface area (Å²) in [4.78, 5) is 23.9. The molecule has 0 aliphatic carbocycles. The lowest BCUT2D eigenvalue weighted by Crippen LogP contribution is -2.25. The average Bonchev–Trinajstić information content (AvgIpc) is 2.46. The van der Waals surface area contributed by atoms with E-state index < -0.39 is 4.92 Å². The van der Waals surface area contributed by atoms with E-state index in [0.29, 0.717) is 24.3 Å². The molecule has 1 amide bonds. The summed E-state index contributed by atoms with van der Waals surface area (Å²) in [5.74, 6) is -0.308. The summed E-state index contributed by atoms with van der Waals surface area (Å²) in [6, 6.07) is 6.22. The zero-order chi connectivity index (χ0) is 15.1. The Kier molecular flexibility index (Phi) is 5.47. The molecule has 0 unspecified atom stereocenters. The number of anilines is 1. The Morgan fingerprint density at radius 1 is 1.55 bits per heavy atom. The van der Waals surface area contributed by atoms with E-state index in [1.165, 1.54) is 25.2 Å². The van der Waals surface area contributed by atoms with Gasteiger partial charge in [0.05, 0.1) is 17.4 Å². The molecule has 0 fully saturated rings. The Morgan fingerprint density at radius 3 is 2.75 bits per heavy atom. The van der Waals surface area contributed by atoms with Gasteiger partial charge in [0, 0.05) is 31.8 Å². The van der Waals surface area contributed by atoms with Crippen LogP contribution >= 0.6 is 0 Å². The Labute approximate surface area is 117 Å². The highest BCUT2D eigenvalue weighted by Crippen LogP contribution is 2.29. The quantitative estimate of drug-likeness (QED) is 0.629. The van der Waals surface area contributed by atoms with Gasteiger partial charge in [-0.2, -0.15) is 5.26 Å². The Balaban J connectivity index is 3.26. The number of nitrogens with zero attached hydrogens (tertiary/aromatic N) is 3. The van der Waals surface area contributed by atoms with Crippen LogP contribution in [0.1, 0.15) is 23.7 Å². The van der Waals surface area contributed by atoms with Crippen molar-refractivity contribution < 1.29 is 9.72 Å². The minimum absolute atomic E-state index is 0.0718. The summed E-state index contributed by atoms with van der Waals surface area (Å²) in [5, 5.41) is 22.2. The first-order valence-electron chi connectivity index (χ1n) is 6.17. The molecule has 7 heteroatoms. The largest absolute Gasteiger partial charge is 0.365 e. The van der Waals surface area contributed by atoms with Gasteiger partial charge in [-0.3, -0.25) is 14.9 Å². The molecule has 0 aromatic heterocycles. The van der Waals surface area contributed by atoms with Gasteiger partial charge in [0.15, 0.2) is 0 Å². The van der Waals surface area contributed by atoms with E-state index in [1.807, 2.05) is 13.0 Å². The van der Waals surface area contributed by atoms with Crippen molar-refractivity contribution >= 4 is 17.3 Å². The van der Waals surface area contributed by atoms with Crippen molar-refractivity contribution in [2.75, 3.05) is 25.0 Å². The molecule has 0 saturated heterocycles. The van der Waals surface area contributed by atoms with Crippen LogP contribution in [0.15, 0.2) is 18.2 Å². The van der Waals surface area contributed by atoms with Gasteiger partial charge in [0.25, 0.3) is 11.6 Å². The summed E-state index contributed by atoms with van der Waals surface area (Å²) in [7, 11) is 1.50. The highest BCUT2D eigenvalue weighted by Gasteiger charge is 2.20. The number of carbonyl (C=O) groups is 1. The Bertz CT molecular complexity index is 551. The number of nitrogens with one attached hydrogen (secondary N) is 1. The lowest BCUT2D eigenvalue weighted by atomic mass is 10.1. The number of amides is 1. The molecule has 0 bridgehead atoms. The van der Waals surface area contributed by atoms with Gasteiger partial charge in [-0.1, -0.05) is 0 Å². The van der Waals surface area contributed by atoms with Crippen molar-refractivity contribution in [1.29, 1.82) is 5.26 Å². The number of hydrogen-bond acceptors (Lipinski definition) is 5. The molecule has 1 aromatic carbocycles. The van der Waals surface area contributed by atoms with Crippen molar-refractivity contribution in [2.24, 2.45) is 0 Å². The van der Waals surface area contributed by atoms with Crippen LogP contribution < -0.4 is 10.2 Å². The SMILES string of the molecule is CCN(CCC#N)c1cc(C(=O)NC)ccc1[N+](=O)[O-]. The van der Waals surface area contributed by atoms with Gasteiger partial charge < -0.3 is 10.2 Å². The molecular formula is C13H16N4O3. The second-order valence-corrected chi connectivity index (χ2v) is 4.03. The molecule has 7 nitrogen and oxygen atoms in total. The van der Waals surface area contributed by atoms with Crippen LogP contribution in [0.3, 0.4) is 0 Å². The third kappa shape index (κ3) is 3.45. The minimum atomic E-state index is -0.488. The van der Waals surface area contributed by atoms with Crippen molar-refractivity contribution in [3.05, 3.63) is 33.9 Å². The van der Waals surface area contributed by atoms with Gasteiger partial charge in [-0.15, -0.1) is 0 Å². The molecular weight excluding hydrogens is 260 g/mol. The minimum Gasteiger partial charge on any atom is -0.365 e. The predicted octanol–water partition coefficient (Wildman–Crippen LogP) is 1.69. The number of nitro benzene ring substituents is 1. The smallest absolute Gasteiger partial charge is 0.292 e. The fraction of sp³-hybridized carbons (Fsp3) is 0.385. The maximum absolute atomic E-state index is 11.6. The summed E-state index contributed by atoms with van der Waals surface area (Å²) < 4.78 is 0. The normalized spacial score (nSPS) is 9.65. The lowest BCUT2D eigenvalue weighted by molar-refractivity contribution is -0.384. The fourth-order valence-electron chi connectivity index (χ4n) is 1.85. The highest BCUT2D eigenvalue weighted by molar-refractivity contribution is 5.95. The monoisotopic (exact) mass is 276 g/mol. The van der Waals surface area contributed by atoms with E-state index in [0.717, 1.165) is 0 Å². The summed E-state index contributed by atoms with van der Waals surface area (Å²) in [5.41, 5.74) is 0.634. The summed E-state index contributed by atoms with van der Waals surface area (Å²) >= 11 is 0. The van der Waals surface area contributed by atoms with Crippen LogP contribution in [0.25, 0.3) is 0 Å². The molecule has 106 valence electrons. The molecule has 1 N–H and O–H groups in total. The second-order valence-electron chi connectivity index (χ2n) is 4.03. The van der Waals surface area contributed by atoms with E-state index in [9.17, 15) is 14.9 Å². The van der Waals surface area contributed by atoms with Crippen LogP contribution in [0, 0.1) is 21.4 Å². The van der Waals surface area contributed by atoms with Gasteiger partial charge in [0.1, 0.15) is 5.69 Å². The number of carbonyl (C=O) groups excluding carboxylic acids is 1. The zero-order valence-electron chi connectivity index (χ0n) is 11.4. The van der Waals surface area contributed by atoms with Gasteiger partial charge >= 0.3 is 0 Å². The second kappa shape index (κ2) is 7.09. The molecule has 0 aliphatic rings. The molecule has 0 radical (unpaired) electrons. The van der Waals surface area contributed by atoms with Crippen LogP contribution in [-0.2, 0) is 0 Å². The molecule has 1 aromatic rings. The maximum Gasteiger partial charge on any atom is 0.292 e. The molecule has 1 rings (SSSR count). The number of nitro groups is 1. The molecule has 0 spiro atoms. The fourth-order valence-corrected chi connectivity index (χ4v) is 1.85. The highest BCUT2D eigenvalue weighted by atomic mass is 16.6. The first-order chi connectivity index (χ1) is 9.54. The Morgan fingerprint density at radius 2 is 2.25 bits per heavy atom. The van der Waals surface area contributed by atoms with Crippen molar-refractivity contribution in [1.82, 2.24) is 5.32 Å². The molecule has 20 heavy (non-hydrogen) atoms. The van der Waals surface area contributed by atoms with Gasteiger partial charge in [-0.25, -0.2) is 0 Å². The van der Waals surface area contributed by atoms with Crippen LogP contribution in [0.2, 0.25) is 0 Å². The maximum atomic E-state index is 11.6. The third-order valence-electron chi connectivity index (χ3n) is 2.88. The summed E-state index contributed by atoms with van der Waals surface area (Å²) in [6.45, 7) is 2.73. The molecule has 0 aliphatic heterocycles. The summed E-state index contributed by atoms with van der Waals surface area (Å²) in [6.07, 6.45) is 0.259. The number of benzene rings is 1. The molecule has 0 saturated carbocycles. The van der Waals surface area contributed by atoms with E-state index in [-0.39, 0.29) is 18.0 Å².